The number of esters is 2. The van der Waals surface area contributed by atoms with Crippen molar-refractivity contribution in [2.75, 3.05) is 13.2 Å². The van der Waals surface area contributed by atoms with E-state index in [4.69, 9.17) is 9.47 Å². The molecule has 0 radical (unpaired) electrons. The highest BCUT2D eigenvalue weighted by atomic mass is 16.5. The number of unbranched alkanes of at least 4 members (excludes halogenated alkanes) is 2. The first-order valence-corrected chi connectivity index (χ1v) is 15.3. The van der Waals surface area contributed by atoms with E-state index in [0.717, 1.165) is 63.2 Å². The van der Waals surface area contributed by atoms with Crippen molar-refractivity contribution in [1.82, 2.24) is 0 Å². The van der Waals surface area contributed by atoms with E-state index in [-0.39, 0.29) is 23.8 Å². The van der Waals surface area contributed by atoms with Gasteiger partial charge in [-0.25, -0.2) is 0 Å². The van der Waals surface area contributed by atoms with Crippen LogP contribution < -0.4 is 0 Å². The van der Waals surface area contributed by atoms with Gasteiger partial charge in [0.15, 0.2) is 0 Å². The summed E-state index contributed by atoms with van der Waals surface area (Å²) >= 11 is 0. The van der Waals surface area contributed by atoms with Crippen molar-refractivity contribution in [3.05, 3.63) is 0 Å². The van der Waals surface area contributed by atoms with Gasteiger partial charge in [0.1, 0.15) is 0 Å². The van der Waals surface area contributed by atoms with Crippen LogP contribution in [0.5, 0.6) is 0 Å². The van der Waals surface area contributed by atoms with Crippen LogP contribution in [0.4, 0.5) is 0 Å². The van der Waals surface area contributed by atoms with Crippen LogP contribution in [-0.2, 0) is 19.1 Å². The average molecular weight is 509 g/mol. The molecule has 0 aliphatic heterocycles. The molecule has 0 N–H and O–H groups in total. The van der Waals surface area contributed by atoms with Crippen molar-refractivity contribution >= 4 is 11.9 Å². The van der Waals surface area contributed by atoms with Gasteiger partial charge >= 0.3 is 11.9 Å². The molecular formula is C32H60O4. The monoisotopic (exact) mass is 508 g/mol. The van der Waals surface area contributed by atoms with Gasteiger partial charge in [0.05, 0.1) is 25.0 Å². The highest BCUT2D eigenvalue weighted by molar-refractivity contribution is 5.75. The molecule has 1 fully saturated rings. The molecular weight excluding hydrogens is 448 g/mol. The molecule has 0 aromatic carbocycles. The first kappa shape index (κ1) is 33.0. The molecule has 0 amide bonds. The Morgan fingerprint density at radius 1 is 0.667 bits per heavy atom. The Hall–Kier alpha value is -1.06. The molecule has 2 atom stereocenters. The van der Waals surface area contributed by atoms with Crippen molar-refractivity contribution in [3.63, 3.8) is 0 Å². The van der Waals surface area contributed by atoms with Crippen LogP contribution in [0, 0.1) is 34.5 Å². The summed E-state index contributed by atoms with van der Waals surface area (Å²) in [4.78, 5) is 25.0. The van der Waals surface area contributed by atoms with Crippen LogP contribution in [0.1, 0.15) is 145 Å². The molecule has 212 valence electrons. The molecule has 0 aromatic rings. The third-order valence-electron chi connectivity index (χ3n) is 9.42. The minimum absolute atomic E-state index is 0.0533. The summed E-state index contributed by atoms with van der Waals surface area (Å²) in [7, 11) is 0. The molecule has 2 unspecified atom stereocenters. The van der Waals surface area contributed by atoms with Gasteiger partial charge in [-0.3, -0.25) is 9.59 Å². The van der Waals surface area contributed by atoms with Gasteiger partial charge in [0, 0.05) is 0 Å². The van der Waals surface area contributed by atoms with Crippen molar-refractivity contribution < 1.29 is 19.1 Å². The number of carbonyl (C=O) groups is 2. The highest BCUT2D eigenvalue weighted by Crippen LogP contribution is 2.36. The predicted octanol–water partition coefficient (Wildman–Crippen LogP) is 9.14. The maximum Gasteiger partial charge on any atom is 0.308 e. The lowest BCUT2D eigenvalue weighted by molar-refractivity contribution is -0.155. The van der Waals surface area contributed by atoms with Gasteiger partial charge in [0.2, 0.25) is 0 Å². The van der Waals surface area contributed by atoms with Crippen molar-refractivity contribution in [2.45, 2.75) is 145 Å². The van der Waals surface area contributed by atoms with Crippen LogP contribution in [-0.4, -0.2) is 25.2 Å². The third-order valence-corrected chi connectivity index (χ3v) is 9.42. The minimum atomic E-state index is -0.0691. The number of hydrogen-bond donors (Lipinski definition) is 0. The Bertz CT molecular complexity index is 562. The molecule has 0 aromatic heterocycles. The van der Waals surface area contributed by atoms with Gasteiger partial charge in [0.25, 0.3) is 0 Å². The third kappa shape index (κ3) is 12.0. The fourth-order valence-electron chi connectivity index (χ4n) is 5.65. The number of hydrogen-bond acceptors (Lipinski definition) is 4. The summed E-state index contributed by atoms with van der Waals surface area (Å²) in [5.74, 6) is 1.20. The Morgan fingerprint density at radius 2 is 1.00 bits per heavy atom. The van der Waals surface area contributed by atoms with E-state index in [9.17, 15) is 9.59 Å². The summed E-state index contributed by atoms with van der Waals surface area (Å²) in [6.07, 6.45) is 14.4. The first-order chi connectivity index (χ1) is 16.9. The number of rotatable bonds is 18. The van der Waals surface area contributed by atoms with Gasteiger partial charge in [-0.15, -0.1) is 0 Å². The molecule has 0 saturated heterocycles. The molecule has 36 heavy (non-hydrogen) atoms. The summed E-state index contributed by atoms with van der Waals surface area (Å²) < 4.78 is 11.2. The van der Waals surface area contributed by atoms with Gasteiger partial charge in [-0.2, -0.15) is 0 Å². The van der Waals surface area contributed by atoms with Crippen LogP contribution in [0.25, 0.3) is 0 Å². The van der Waals surface area contributed by atoms with E-state index in [2.05, 4.69) is 55.4 Å². The Kier molecular flexibility index (Phi) is 15.3. The normalized spacial score (nSPS) is 20.6. The maximum absolute atomic E-state index is 12.5. The average Bonchev–Trinajstić information content (AvgIpc) is 2.83. The van der Waals surface area contributed by atoms with Gasteiger partial charge < -0.3 is 9.47 Å². The lowest BCUT2D eigenvalue weighted by atomic mass is 9.74. The zero-order chi connectivity index (χ0) is 27.2. The highest BCUT2D eigenvalue weighted by Gasteiger charge is 2.32. The zero-order valence-electron chi connectivity index (χ0n) is 25.3. The second kappa shape index (κ2) is 16.7. The van der Waals surface area contributed by atoms with Crippen LogP contribution in [0.3, 0.4) is 0 Å². The molecule has 1 aliphatic rings. The molecule has 1 rings (SSSR count). The van der Waals surface area contributed by atoms with Crippen molar-refractivity contribution in [2.24, 2.45) is 34.5 Å². The topological polar surface area (TPSA) is 52.6 Å². The standard InChI is InChI=1S/C32H60O4/c1-9-15-25(3)31(5,6)21-11-13-23-35-29(33)27-17-19-28(20-18-27)30(34)36-24-14-12-22-32(7,8)26(4)16-10-2/h25-28H,9-24H2,1-8H3. The van der Waals surface area contributed by atoms with E-state index in [1.54, 1.807) is 0 Å². The maximum atomic E-state index is 12.5. The lowest BCUT2D eigenvalue weighted by Gasteiger charge is -2.32. The molecule has 0 bridgehead atoms. The zero-order valence-corrected chi connectivity index (χ0v) is 25.3. The summed E-state index contributed by atoms with van der Waals surface area (Å²) in [6.45, 7) is 19.7. The Balaban J connectivity index is 2.18. The SMILES string of the molecule is CCCC(C)C(C)(C)CCCCOC(=O)C1CCC(C(=O)OCCCCC(C)(C)C(C)CCC)CC1. The van der Waals surface area contributed by atoms with Gasteiger partial charge in [-0.05, 0) is 86.9 Å². The van der Waals surface area contributed by atoms with Gasteiger partial charge in [-0.1, -0.05) is 81.1 Å². The van der Waals surface area contributed by atoms with Crippen molar-refractivity contribution in [3.8, 4) is 0 Å². The van der Waals surface area contributed by atoms with E-state index in [1.807, 2.05) is 0 Å². The first-order valence-electron chi connectivity index (χ1n) is 15.3. The molecule has 4 heteroatoms. The van der Waals surface area contributed by atoms with Crippen LogP contribution >= 0.6 is 0 Å². The fraction of sp³-hybridized carbons (Fsp3) is 0.938. The quantitative estimate of drug-likeness (QED) is 0.137. The summed E-state index contributed by atoms with van der Waals surface area (Å²) in [5.41, 5.74) is 0.688. The van der Waals surface area contributed by atoms with Crippen LogP contribution in [0.2, 0.25) is 0 Å². The largest absolute Gasteiger partial charge is 0.465 e. The van der Waals surface area contributed by atoms with Crippen LogP contribution in [0.15, 0.2) is 0 Å². The minimum Gasteiger partial charge on any atom is -0.465 e. The van der Waals surface area contributed by atoms with E-state index in [0.29, 0.717) is 24.0 Å². The van der Waals surface area contributed by atoms with E-state index in [1.165, 1.54) is 38.5 Å². The predicted molar refractivity (Wildman–Crippen MR) is 151 cm³/mol. The molecule has 0 spiro atoms. The summed E-state index contributed by atoms with van der Waals surface area (Å²) in [6, 6.07) is 0. The molecule has 4 nitrogen and oxygen atoms in total. The fourth-order valence-corrected chi connectivity index (χ4v) is 5.65. The molecule has 1 saturated carbocycles. The second-order valence-electron chi connectivity index (χ2n) is 13.2. The lowest BCUT2D eigenvalue weighted by Crippen LogP contribution is -2.28. The Labute approximate surface area is 224 Å². The Morgan fingerprint density at radius 3 is 1.31 bits per heavy atom. The summed E-state index contributed by atoms with van der Waals surface area (Å²) in [5, 5.41) is 0. The number of ether oxygens (including phenoxy) is 2. The second-order valence-corrected chi connectivity index (χ2v) is 13.2. The van der Waals surface area contributed by atoms with E-state index < -0.39 is 0 Å². The molecule has 0 heterocycles. The number of carbonyl (C=O) groups excluding carboxylic acids is 2. The van der Waals surface area contributed by atoms with Crippen molar-refractivity contribution in [1.29, 1.82) is 0 Å². The smallest absolute Gasteiger partial charge is 0.308 e. The van der Waals surface area contributed by atoms with E-state index >= 15 is 0 Å². The molecule has 1 aliphatic carbocycles.